The van der Waals surface area contributed by atoms with Crippen LogP contribution in [-0.4, -0.2) is 17.3 Å². The molecule has 1 aliphatic rings. The summed E-state index contributed by atoms with van der Waals surface area (Å²) in [6.45, 7) is 2.12. The van der Waals surface area contributed by atoms with Gasteiger partial charge in [0.2, 0.25) is 0 Å². The summed E-state index contributed by atoms with van der Waals surface area (Å²) < 4.78 is 0. The van der Waals surface area contributed by atoms with E-state index in [9.17, 15) is 5.11 Å². The van der Waals surface area contributed by atoms with Crippen molar-refractivity contribution in [2.45, 2.75) is 50.8 Å². The quantitative estimate of drug-likeness (QED) is 0.867. The lowest BCUT2D eigenvalue weighted by molar-refractivity contribution is 0.0860. The van der Waals surface area contributed by atoms with Crippen LogP contribution in [0.25, 0.3) is 0 Å². The third-order valence-electron chi connectivity index (χ3n) is 3.54. The molecule has 0 bridgehead atoms. The Balaban J connectivity index is 1.98. The number of nitrogens with one attached hydrogen (secondary N) is 1. The Kier molecular flexibility index (Phi) is 4.43. The molecule has 1 aromatic rings. The molecule has 3 atom stereocenters. The van der Waals surface area contributed by atoms with Gasteiger partial charge in [-0.1, -0.05) is 36.6 Å². The van der Waals surface area contributed by atoms with Gasteiger partial charge in [-0.2, -0.15) is 0 Å². The van der Waals surface area contributed by atoms with Gasteiger partial charge < -0.3 is 10.4 Å². The largest absolute Gasteiger partial charge is 0.392 e. The van der Waals surface area contributed by atoms with E-state index in [-0.39, 0.29) is 18.2 Å². The molecule has 3 heteroatoms. The SMILES string of the molecule is CC(N[C@H]1CCCC[C@@H]1O)c1cccc(Cl)c1. The highest BCUT2D eigenvalue weighted by atomic mass is 35.5. The van der Waals surface area contributed by atoms with Gasteiger partial charge in [-0.3, -0.25) is 0 Å². The first-order chi connectivity index (χ1) is 8.16. The molecule has 17 heavy (non-hydrogen) atoms. The van der Waals surface area contributed by atoms with Crippen LogP contribution >= 0.6 is 11.6 Å². The molecule has 1 unspecified atom stereocenters. The van der Waals surface area contributed by atoms with E-state index >= 15 is 0 Å². The molecule has 2 N–H and O–H groups in total. The van der Waals surface area contributed by atoms with Gasteiger partial charge in [0, 0.05) is 17.1 Å². The van der Waals surface area contributed by atoms with Gasteiger partial charge in [-0.05, 0) is 37.5 Å². The second-order valence-electron chi connectivity index (χ2n) is 4.90. The van der Waals surface area contributed by atoms with Crippen LogP contribution in [-0.2, 0) is 0 Å². The van der Waals surface area contributed by atoms with Crippen LogP contribution in [0.5, 0.6) is 0 Å². The van der Waals surface area contributed by atoms with E-state index < -0.39 is 0 Å². The molecule has 1 saturated carbocycles. The van der Waals surface area contributed by atoms with Crippen LogP contribution in [0.1, 0.15) is 44.2 Å². The molecule has 0 radical (unpaired) electrons. The summed E-state index contributed by atoms with van der Waals surface area (Å²) in [5.74, 6) is 0. The highest BCUT2D eigenvalue weighted by Crippen LogP contribution is 2.23. The van der Waals surface area contributed by atoms with Gasteiger partial charge in [0.25, 0.3) is 0 Å². The molecule has 0 amide bonds. The summed E-state index contributed by atoms with van der Waals surface area (Å²) >= 11 is 5.98. The van der Waals surface area contributed by atoms with Crippen LogP contribution in [0.2, 0.25) is 5.02 Å². The van der Waals surface area contributed by atoms with Gasteiger partial charge in [-0.25, -0.2) is 0 Å². The van der Waals surface area contributed by atoms with Crippen molar-refractivity contribution in [3.63, 3.8) is 0 Å². The normalized spacial score (nSPS) is 26.8. The van der Waals surface area contributed by atoms with Crippen LogP contribution in [0.3, 0.4) is 0 Å². The molecule has 0 aliphatic heterocycles. The average Bonchev–Trinajstić information content (AvgIpc) is 2.32. The van der Waals surface area contributed by atoms with E-state index in [0.29, 0.717) is 0 Å². The third kappa shape index (κ3) is 3.44. The van der Waals surface area contributed by atoms with Crippen LogP contribution in [0, 0.1) is 0 Å². The minimum atomic E-state index is -0.203. The molecule has 2 nitrogen and oxygen atoms in total. The third-order valence-corrected chi connectivity index (χ3v) is 3.78. The predicted octanol–water partition coefficient (Wildman–Crippen LogP) is 3.29. The minimum absolute atomic E-state index is 0.203. The van der Waals surface area contributed by atoms with Crippen molar-refractivity contribution in [1.29, 1.82) is 0 Å². The van der Waals surface area contributed by atoms with Crippen molar-refractivity contribution >= 4 is 11.6 Å². The second kappa shape index (κ2) is 5.85. The van der Waals surface area contributed by atoms with E-state index in [0.717, 1.165) is 24.3 Å². The number of hydrogen-bond donors (Lipinski definition) is 2. The number of hydrogen-bond acceptors (Lipinski definition) is 2. The maximum Gasteiger partial charge on any atom is 0.0693 e. The van der Waals surface area contributed by atoms with Crippen molar-refractivity contribution in [3.05, 3.63) is 34.9 Å². The number of aliphatic hydroxyl groups is 1. The zero-order chi connectivity index (χ0) is 12.3. The van der Waals surface area contributed by atoms with Gasteiger partial charge in [0.1, 0.15) is 0 Å². The van der Waals surface area contributed by atoms with Crippen molar-refractivity contribution in [2.24, 2.45) is 0 Å². The standard InChI is InChI=1S/C14H20ClNO/c1-10(11-5-4-6-12(15)9-11)16-13-7-2-3-8-14(13)17/h4-6,9-10,13-14,16-17H,2-3,7-8H2,1H3/t10?,13-,14-/m0/s1. The van der Waals surface area contributed by atoms with Crippen molar-refractivity contribution in [2.75, 3.05) is 0 Å². The Morgan fingerprint density at radius 3 is 2.82 bits per heavy atom. The molecule has 0 spiro atoms. The van der Waals surface area contributed by atoms with Crippen molar-refractivity contribution in [3.8, 4) is 0 Å². The molecule has 1 aliphatic carbocycles. The van der Waals surface area contributed by atoms with E-state index in [1.165, 1.54) is 12.0 Å². The second-order valence-corrected chi connectivity index (χ2v) is 5.34. The molecular weight excluding hydrogens is 234 g/mol. The first-order valence-electron chi connectivity index (χ1n) is 6.36. The highest BCUT2D eigenvalue weighted by Gasteiger charge is 2.24. The maximum absolute atomic E-state index is 9.93. The van der Waals surface area contributed by atoms with E-state index in [2.05, 4.69) is 18.3 Å². The van der Waals surface area contributed by atoms with Crippen LogP contribution < -0.4 is 5.32 Å². The Morgan fingerprint density at radius 1 is 1.35 bits per heavy atom. The molecule has 0 aromatic heterocycles. The predicted molar refractivity (Wildman–Crippen MR) is 71.3 cm³/mol. The zero-order valence-corrected chi connectivity index (χ0v) is 11.0. The Morgan fingerprint density at radius 2 is 2.12 bits per heavy atom. The number of halogens is 1. The topological polar surface area (TPSA) is 32.3 Å². The maximum atomic E-state index is 9.93. The Labute approximate surface area is 108 Å². The molecular formula is C14H20ClNO. The molecule has 94 valence electrons. The lowest BCUT2D eigenvalue weighted by atomic mass is 9.91. The monoisotopic (exact) mass is 253 g/mol. The molecule has 1 fully saturated rings. The first-order valence-corrected chi connectivity index (χ1v) is 6.74. The summed E-state index contributed by atoms with van der Waals surface area (Å²) in [4.78, 5) is 0. The highest BCUT2D eigenvalue weighted by molar-refractivity contribution is 6.30. The minimum Gasteiger partial charge on any atom is -0.392 e. The van der Waals surface area contributed by atoms with E-state index in [4.69, 9.17) is 11.6 Å². The summed E-state index contributed by atoms with van der Waals surface area (Å²) in [7, 11) is 0. The van der Waals surface area contributed by atoms with E-state index in [1.54, 1.807) is 0 Å². The Hall–Kier alpha value is -0.570. The van der Waals surface area contributed by atoms with Gasteiger partial charge in [0.15, 0.2) is 0 Å². The summed E-state index contributed by atoms with van der Waals surface area (Å²) in [5, 5.41) is 14.2. The summed E-state index contributed by atoms with van der Waals surface area (Å²) in [6, 6.07) is 8.34. The molecule has 2 rings (SSSR count). The van der Waals surface area contributed by atoms with Crippen molar-refractivity contribution < 1.29 is 5.11 Å². The van der Waals surface area contributed by atoms with E-state index in [1.807, 2.05) is 18.2 Å². The molecule has 1 aromatic carbocycles. The summed E-state index contributed by atoms with van der Waals surface area (Å²) in [5.41, 5.74) is 1.18. The average molecular weight is 254 g/mol. The van der Waals surface area contributed by atoms with Crippen molar-refractivity contribution in [1.82, 2.24) is 5.32 Å². The number of aliphatic hydroxyl groups excluding tert-OH is 1. The first kappa shape index (κ1) is 12.9. The van der Waals surface area contributed by atoms with Gasteiger partial charge in [-0.15, -0.1) is 0 Å². The lowest BCUT2D eigenvalue weighted by Crippen LogP contribution is -2.43. The van der Waals surface area contributed by atoms with Crippen LogP contribution in [0.4, 0.5) is 0 Å². The van der Waals surface area contributed by atoms with Gasteiger partial charge in [0.05, 0.1) is 6.10 Å². The van der Waals surface area contributed by atoms with Gasteiger partial charge >= 0.3 is 0 Å². The fourth-order valence-electron chi connectivity index (χ4n) is 2.50. The van der Waals surface area contributed by atoms with Crippen LogP contribution in [0.15, 0.2) is 24.3 Å². The number of rotatable bonds is 3. The fourth-order valence-corrected chi connectivity index (χ4v) is 2.70. The summed E-state index contributed by atoms with van der Waals surface area (Å²) in [6.07, 6.45) is 4.12. The smallest absolute Gasteiger partial charge is 0.0693 e. The lowest BCUT2D eigenvalue weighted by Gasteiger charge is -2.31. The zero-order valence-electron chi connectivity index (χ0n) is 10.2. The number of benzene rings is 1. The Bertz CT molecular complexity index is 369. The molecule has 0 saturated heterocycles. The fraction of sp³-hybridized carbons (Fsp3) is 0.571. The molecule has 0 heterocycles.